The van der Waals surface area contributed by atoms with Crippen molar-refractivity contribution < 1.29 is 4.79 Å². The molecule has 4 nitrogen and oxygen atoms in total. The highest BCUT2D eigenvalue weighted by atomic mass is 16.2. The van der Waals surface area contributed by atoms with Crippen molar-refractivity contribution in [1.29, 1.82) is 0 Å². The summed E-state index contributed by atoms with van der Waals surface area (Å²) in [6.07, 6.45) is 6.03. The third-order valence-corrected chi connectivity index (χ3v) is 3.87. The molecule has 1 aromatic heterocycles. The number of benzene rings is 1. The number of carbonyl (C=O) groups is 1. The van der Waals surface area contributed by atoms with Crippen LogP contribution in [0.5, 0.6) is 0 Å². The minimum atomic E-state index is 0.160. The van der Waals surface area contributed by atoms with Crippen LogP contribution in [0.4, 0.5) is 0 Å². The van der Waals surface area contributed by atoms with Crippen molar-refractivity contribution in [3.05, 3.63) is 53.6 Å². The van der Waals surface area contributed by atoms with Crippen LogP contribution in [0.1, 0.15) is 34.6 Å². The Balaban J connectivity index is 1.71. The van der Waals surface area contributed by atoms with Crippen molar-refractivity contribution in [1.82, 2.24) is 14.5 Å². The number of amides is 1. The van der Waals surface area contributed by atoms with Crippen LogP contribution in [0.2, 0.25) is 0 Å². The molecule has 1 aliphatic rings. The van der Waals surface area contributed by atoms with E-state index < -0.39 is 0 Å². The summed E-state index contributed by atoms with van der Waals surface area (Å²) >= 11 is 0. The fourth-order valence-electron chi connectivity index (χ4n) is 2.62. The summed E-state index contributed by atoms with van der Waals surface area (Å²) < 4.78 is 2.09. The van der Waals surface area contributed by atoms with Gasteiger partial charge >= 0.3 is 0 Å². The number of hydrogen-bond donors (Lipinski definition) is 0. The minimum absolute atomic E-state index is 0.160. The molecule has 0 N–H and O–H groups in total. The second kappa shape index (κ2) is 5.49. The van der Waals surface area contributed by atoms with Gasteiger partial charge in [0.15, 0.2) is 0 Å². The number of nitrogens with zero attached hydrogens (tertiary/aromatic N) is 3. The van der Waals surface area contributed by atoms with E-state index in [1.807, 2.05) is 42.3 Å². The van der Waals surface area contributed by atoms with Crippen LogP contribution in [-0.2, 0) is 6.54 Å². The van der Waals surface area contributed by atoms with E-state index in [2.05, 4.69) is 9.55 Å². The molecule has 1 fully saturated rings. The third kappa shape index (κ3) is 2.59. The zero-order chi connectivity index (χ0) is 13.9. The molecule has 4 heteroatoms. The highest BCUT2D eigenvalue weighted by Crippen LogP contribution is 2.14. The minimum Gasteiger partial charge on any atom is -0.339 e. The van der Waals surface area contributed by atoms with Crippen LogP contribution < -0.4 is 0 Å². The van der Waals surface area contributed by atoms with Gasteiger partial charge in [-0.3, -0.25) is 4.79 Å². The summed E-state index contributed by atoms with van der Waals surface area (Å²) in [5, 5.41) is 0. The van der Waals surface area contributed by atoms with Crippen molar-refractivity contribution in [2.45, 2.75) is 26.3 Å². The number of rotatable bonds is 3. The Morgan fingerprint density at radius 2 is 1.90 bits per heavy atom. The molecule has 1 aromatic carbocycles. The molecule has 0 saturated carbocycles. The van der Waals surface area contributed by atoms with Crippen LogP contribution in [-0.4, -0.2) is 33.4 Å². The first kappa shape index (κ1) is 12.9. The summed E-state index contributed by atoms with van der Waals surface area (Å²) in [5.41, 5.74) is 1.97. The zero-order valence-electron chi connectivity index (χ0n) is 11.7. The first-order chi connectivity index (χ1) is 9.74. The fraction of sp³-hybridized carbons (Fsp3) is 0.375. The van der Waals surface area contributed by atoms with Gasteiger partial charge in [-0.15, -0.1) is 0 Å². The Hall–Kier alpha value is -2.10. The van der Waals surface area contributed by atoms with Gasteiger partial charge in [-0.1, -0.05) is 12.1 Å². The number of aromatic nitrogens is 2. The normalized spacial score (nSPS) is 14.8. The summed E-state index contributed by atoms with van der Waals surface area (Å²) in [7, 11) is 0. The van der Waals surface area contributed by atoms with Gasteiger partial charge in [-0.25, -0.2) is 4.98 Å². The summed E-state index contributed by atoms with van der Waals surface area (Å²) in [6, 6.07) is 7.93. The maximum absolute atomic E-state index is 12.2. The standard InChI is InChI=1S/C16H19N3O/c1-13-17-8-11-19(13)12-14-4-6-15(7-5-14)16(20)18-9-2-3-10-18/h4-8,11H,2-3,9-10,12H2,1H3. The zero-order valence-corrected chi connectivity index (χ0v) is 11.7. The van der Waals surface area contributed by atoms with E-state index in [0.717, 1.165) is 43.9 Å². The van der Waals surface area contributed by atoms with Crippen molar-refractivity contribution in [2.24, 2.45) is 0 Å². The number of likely N-dealkylation sites (tertiary alicyclic amines) is 1. The Labute approximate surface area is 119 Å². The number of carbonyl (C=O) groups excluding carboxylic acids is 1. The molecule has 0 atom stereocenters. The van der Waals surface area contributed by atoms with E-state index in [1.54, 1.807) is 6.20 Å². The molecule has 1 amide bonds. The molecule has 3 rings (SSSR count). The van der Waals surface area contributed by atoms with Gasteiger partial charge in [0.05, 0.1) is 0 Å². The van der Waals surface area contributed by atoms with E-state index in [0.29, 0.717) is 0 Å². The van der Waals surface area contributed by atoms with Gasteiger partial charge in [-0.05, 0) is 37.5 Å². The monoisotopic (exact) mass is 269 g/mol. The second-order valence-electron chi connectivity index (χ2n) is 5.30. The first-order valence-corrected chi connectivity index (χ1v) is 7.10. The molecular formula is C16H19N3O. The molecule has 1 saturated heterocycles. The molecule has 104 valence electrons. The Kier molecular flexibility index (Phi) is 3.54. The van der Waals surface area contributed by atoms with E-state index in [4.69, 9.17) is 0 Å². The Morgan fingerprint density at radius 3 is 2.50 bits per heavy atom. The molecule has 0 spiro atoms. The van der Waals surface area contributed by atoms with E-state index in [-0.39, 0.29) is 5.91 Å². The largest absolute Gasteiger partial charge is 0.339 e. The lowest BCUT2D eigenvalue weighted by Gasteiger charge is -2.15. The molecular weight excluding hydrogens is 250 g/mol. The maximum Gasteiger partial charge on any atom is 0.253 e. The average molecular weight is 269 g/mol. The summed E-state index contributed by atoms with van der Waals surface area (Å²) in [4.78, 5) is 18.4. The van der Waals surface area contributed by atoms with Crippen molar-refractivity contribution >= 4 is 5.91 Å². The molecule has 0 aliphatic carbocycles. The topological polar surface area (TPSA) is 38.1 Å². The van der Waals surface area contributed by atoms with Crippen molar-refractivity contribution in [3.8, 4) is 0 Å². The number of hydrogen-bond acceptors (Lipinski definition) is 2. The molecule has 1 aliphatic heterocycles. The Bertz CT molecular complexity index is 594. The van der Waals surface area contributed by atoms with Gasteiger partial charge in [0.25, 0.3) is 5.91 Å². The summed E-state index contributed by atoms with van der Waals surface area (Å²) in [5.74, 6) is 1.16. The van der Waals surface area contributed by atoms with Crippen LogP contribution in [0.15, 0.2) is 36.7 Å². The van der Waals surface area contributed by atoms with Gasteiger partial charge in [0.1, 0.15) is 5.82 Å². The molecule has 0 bridgehead atoms. The molecule has 2 aromatic rings. The predicted octanol–water partition coefficient (Wildman–Crippen LogP) is 2.48. The van der Waals surface area contributed by atoms with Crippen molar-refractivity contribution in [3.63, 3.8) is 0 Å². The van der Waals surface area contributed by atoms with Gasteiger partial charge in [0, 0.05) is 37.6 Å². The lowest BCUT2D eigenvalue weighted by atomic mass is 10.1. The molecule has 20 heavy (non-hydrogen) atoms. The SMILES string of the molecule is Cc1nccn1Cc1ccc(C(=O)N2CCCC2)cc1. The average Bonchev–Trinajstić information content (AvgIpc) is 3.12. The highest BCUT2D eigenvalue weighted by molar-refractivity contribution is 5.94. The quantitative estimate of drug-likeness (QED) is 0.858. The lowest BCUT2D eigenvalue weighted by molar-refractivity contribution is 0.0793. The number of aryl methyl sites for hydroxylation is 1. The lowest BCUT2D eigenvalue weighted by Crippen LogP contribution is -2.27. The van der Waals surface area contributed by atoms with E-state index in [1.165, 1.54) is 5.56 Å². The highest BCUT2D eigenvalue weighted by Gasteiger charge is 2.19. The molecule has 0 radical (unpaired) electrons. The second-order valence-corrected chi connectivity index (χ2v) is 5.30. The smallest absolute Gasteiger partial charge is 0.253 e. The van der Waals surface area contributed by atoms with Gasteiger partial charge < -0.3 is 9.47 Å². The third-order valence-electron chi connectivity index (χ3n) is 3.87. The predicted molar refractivity (Wildman–Crippen MR) is 77.6 cm³/mol. The van der Waals surface area contributed by atoms with Crippen LogP contribution in [0.25, 0.3) is 0 Å². The van der Waals surface area contributed by atoms with Crippen LogP contribution >= 0.6 is 0 Å². The van der Waals surface area contributed by atoms with Crippen molar-refractivity contribution in [2.75, 3.05) is 13.1 Å². The number of imidazole rings is 1. The van der Waals surface area contributed by atoms with E-state index in [9.17, 15) is 4.79 Å². The maximum atomic E-state index is 12.2. The first-order valence-electron chi connectivity index (χ1n) is 7.10. The molecule has 0 unspecified atom stereocenters. The van der Waals surface area contributed by atoms with Gasteiger partial charge in [0.2, 0.25) is 0 Å². The van der Waals surface area contributed by atoms with Crippen LogP contribution in [0, 0.1) is 6.92 Å². The van der Waals surface area contributed by atoms with Crippen LogP contribution in [0.3, 0.4) is 0 Å². The Morgan fingerprint density at radius 1 is 1.20 bits per heavy atom. The van der Waals surface area contributed by atoms with E-state index >= 15 is 0 Å². The molecule has 2 heterocycles. The van der Waals surface area contributed by atoms with Gasteiger partial charge in [-0.2, -0.15) is 0 Å². The summed E-state index contributed by atoms with van der Waals surface area (Å²) in [6.45, 7) is 4.58. The fourth-order valence-corrected chi connectivity index (χ4v) is 2.62.